The van der Waals surface area contributed by atoms with Crippen LogP contribution in [0, 0.1) is 0 Å². The second kappa shape index (κ2) is 9.23. The zero-order valence-corrected chi connectivity index (χ0v) is 16.6. The van der Waals surface area contributed by atoms with Gasteiger partial charge < -0.3 is 25.2 Å². The molecule has 0 fully saturated rings. The lowest BCUT2D eigenvalue weighted by atomic mass is 9.92. The number of nitrogens with one attached hydrogen (secondary N) is 2. The Hall–Kier alpha value is -2.98. The Morgan fingerprint density at radius 3 is 2.40 bits per heavy atom. The molecule has 2 aromatic rings. The topological polar surface area (TPSA) is 96.9 Å². The fourth-order valence-electron chi connectivity index (χ4n) is 2.50. The molecule has 1 unspecified atom stereocenters. The zero-order valence-electron chi connectivity index (χ0n) is 15.8. The summed E-state index contributed by atoms with van der Waals surface area (Å²) in [5.74, 6) is -2.10. The minimum Gasteiger partial charge on any atom is -0.495 e. The van der Waals surface area contributed by atoms with E-state index in [1.54, 1.807) is 18.2 Å². The molecule has 2 aromatic carbocycles. The van der Waals surface area contributed by atoms with Crippen molar-refractivity contribution in [2.75, 3.05) is 24.4 Å². The van der Waals surface area contributed by atoms with Crippen molar-refractivity contribution in [1.29, 1.82) is 0 Å². The number of amides is 2. The molecular weight excluding hydrogens is 429 g/mol. The van der Waals surface area contributed by atoms with Crippen LogP contribution in [-0.4, -0.2) is 37.0 Å². The SMILES string of the molecule is CCOC(=O)C(O)(c1ccc(NC(=O)Nc2cccc(Cl)c2)c(OC)c1)C(F)(F)F. The van der Waals surface area contributed by atoms with Crippen molar-refractivity contribution >= 4 is 35.0 Å². The van der Waals surface area contributed by atoms with E-state index in [1.807, 2.05) is 0 Å². The molecule has 1 atom stereocenters. The minimum absolute atomic E-state index is 0.00541. The first kappa shape index (κ1) is 23.3. The van der Waals surface area contributed by atoms with Gasteiger partial charge in [-0.15, -0.1) is 0 Å². The molecule has 0 heterocycles. The van der Waals surface area contributed by atoms with Crippen molar-refractivity contribution in [2.45, 2.75) is 18.7 Å². The summed E-state index contributed by atoms with van der Waals surface area (Å²) >= 11 is 5.84. The zero-order chi connectivity index (χ0) is 22.5. The van der Waals surface area contributed by atoms with Gasteiger partial charge in [-0.05, 0) is 37.3 Å². The number of rotatable bonds is 6. The van der Waals surface area contributed by atoms with Gasteiger partial charge in [-0.1, -0.05) is 23.7 Å². The summed E-state index contributed by atoms with van der Waals surface area (Å²) in [5, 5.41) is 15.5. The summed E-state index contributed by atoms with van der Waals surface area (Å²) in [5.41, 5.74) is -4.36. The van der Waals surface area contributed by atoms with Gasteiger partial charge in [0.15, 0.2) is 0 Å². The van der Waals surface area contributed by atoms with Crippen LogP contribution in [0.4, 0.5) is 29.3 Å². The van der Waals surface area contributed by atoms with Gasteiger partial charge in [0.2, 0.25) is 0 Å². The van der Waals surface area contributed by atoms with Gasteiger partial charge >= 0.3 is 18.2 Å². The normalized spacial score (nSPS) is 13.2. The average molecular weight is 447 g/mol. The van der Waals surface area contributed by atoms with E-state index in [-0.39, 0.29) is 18.0 Å². The molecular formula is C19H18ClF3N2O5. The molecule has 0 aromatic heterocycles. The maximum Gasteiger partial charge on any atom is 0.432 e. The monoisotopic (exact) mass is 446 g/mol. The number of methoxy groups -OCH3 is 1. The number of aliphatic hydroxyl groups is 1. The molecule has 0 saturated carbocycles. The number of halogens is 4. The lowest BCUT2D eigenvalue weighted by molar-refractivity contribution is -0.267. The molecule has 0 bridgehead atoms. The Labute approximate surface area is 174 Å². The van der Waals surface area contributed by atoms with Gasteiger partial charge in [0.05, 0.1) is 19.4 Å². The van der Waals surface area contributed by atoms with Crippen molar-refractivity contribution in [3.63, 3.8) is 0 Å². The smallest absolute Gasteiger partial charge is 0.432 e. The highest BCUT2D eigenvalue weighted by atomic mass is 35.5. The maximum atomic E-state index is 13.5. The lowest BCUT2D eigenvalue weighted by Gasteiger charge is -2.29. The van der Waals surface area contributed by atoms with E-state index < -0.39 is 29.3 Å². The number of alkyl halides is 3. The Morgan fingerprint density at radius 2 is 1.83 bits per heavy atom. The van der Waals surface area contributed by atoms with Gasteiger partial charge in [-0.25, -0.2) is 9.59 Å². The number of anilines is 2. The van der Waals surface area contributed by atoms with Crippen molar-refractivity contribution in [3.8, 4) is 5.75 Å². The summed E-state index contributed by atoms with van der Waals surface area (Å²) < 4.78 is 49.9. The van der Waals surface area contributed by atoms with Crippen LogP contribution in [0.5, 0.6) is 5.75 Å². The van der Waals surface area contributed by atoms with Crippen LogP contribution >= 0.6 is 11.6 Å². The number of carbonyl (C=O) groups is 2. The Bertz CT molecular complexity index is 939. The fraction of sp³-hybridized carbons (Fsp3) is 0.263. The van der Waals surface area contributed by atoms with Gasteiger partial charge in [0.25, 0.3) is 5.60 Å². The van der Waals surface area contributed by atoms with Crippen molar-refractivity contribution in [1.82, 2.24) is 0 Å². The molecule has 162 valence electrons. The highest BCUT2D eigenvalue weighted by Crippen LogP contribution is 2.42. The molecule has 3 N–H and O–H groups in total. The van der Waals surface area contributed by atoms with E-state index in [2.05, 4.69) is 15.4 Å². The molecule has 7 nitrogen and oxygen atoms in total. The molecule has 2 rings (SSSR count). The third-order valence-corrected chi connectivity index (χ3v) is 4.17. The Kier molecular flexibility index (Phi) is 7.16. The molecule has 30 heavy (non-hydrogen) atoms. The average Bonchev–Trinajstić information content (AvgIpc) is 2.66. The fourth-order valence-corrected chi connectivity index (χ4v) is 2.69. The molecule has 0 saturated heterocycles. The third kappa shape index (κ3) is 4.95. The van der Waals surface area contributed by atoms with E-state index in [0.29, 0.717) is 10.7 Å². The van der Waals surface area contributed by atoms with Crippen LogP contribution in [-0.2, 0) is 15.1 Å². The number of hydrogen-bond donors (Lipinski definition) is 3. The number of carbonyl (C=O) groups excluding carboxylic acids is 2. The van der Waals surface area contributed by atoms with Crippen molar-refractivity contribution in [3.05, 3.63) is 53.1 Å². The van der Waals surface area contributed by atoms with Gasteiger partial charge in [-0.2, -0.15) is 13.2 Å². The van der Waals surface area contributed by atoms with Gasteiger partial charge in [0.1, 0.15) is 5.75 Å². The summed E-state index contributed by atoms with van der Waals surface area (Å²) in [6.45, 7) is 0.943. The summed E-state index contributed by atoms with van der Waals surface area (Å²) in [6.07, 6.45) is -5.36. The van der Waals surface area contributed by atoms with E-state index >= 15 is 0 Å². The lowest BCUT2D eigenvalue weighted by Crippen LogP contribution is -2.50. The van der Waals surface area contributed by atoms with Crippen LogP contribution in [0.3, 0.4) is 0 Å². The Balaban J connectivity index is 2.33. The van der Waals surface area contributed by atoms with E-state index in [9.17, 15) is 27.9 Å². The van der Waals surface area contributed by atoms with Gasteiger partial charge in [-0.3, -0.25) is 0 Å². The first-order valence-electron chi connectivity index (χ1n) is 8.51. The van der Waals surface area contributed by atoms with Crippen LogP contribution in [0.1, 0.15) is 12.5 Å². The predicted octanol–water partition coefficient (Wildman–Crippen LogP) is 4.31. The van der Waals surface area contributed by atoms with Crippen LogP contribution in [0.2, 0.25) is 5.02 Å². The van der Waals surface area contributed by atoms with Crippen LogP contribution in [0.25, 0.3) is 0 Å². The predicted molar refractivity (Wildman–Crippen MR) is 104 cm³/mol. The van der Waals surface area contributed by atoms with Crippen LogP contribution in [0.15, 0.2) is 42.5 Å². The van der Waals surface area contributed by atoms with Gasteiger partial charge in [0, 0.05) is 16.3 Å². The number of ether oxygens (including phenoxy) is 2. The highest BCUT2D eigenvalue weighted by Gasteiger charge is 2.62. The highest BCUT2D eigenvalue weighted by molar-refractivity contribution is 6.30. The number of benzene rings is 2. The summed E-state index contributed by atoms with van der Waals surface area (Å²) in [7, 11) is 1.15. The van der Waals surface area contributed by atoms with E-state index in [4.69, 9.17) is 16.3 Å². The number of hydrogen-bond acceptors (Lipinski definition) is 5. The molecule has 0 spiro atoms. The summed E-state index contributed by atoms with van der Waals surface area (Å²) in [4.78, 5) is 24.1. The summed E-state index contributed by atoms with van der Waals surface area (Å²) in [6, 6.07) is 8.25. The molecule has 11 heteroatoms. The molecule has 0 radical (unpaired) electrons. The maximum absolute atomic E-state index is 13.5. The first-order chi connectivity index (χ1) is 14.0. The minimum atomic E-state index is -5.36. The van der Waals surface area contributed by atoms with E-state index in [0.717, 1.165) is 25.3 Å². The second-order valence-electron chi connectivity index (χ2n) is 5.93. The quantitative estimate of drug-likeness (QED) is 0.575. The molecule has 0 aliphatic heterocycles. The number of esters is 1. The third-order valence-electron chi connectivity index (χ3n) is 3.93. The molecule has 2 amide bonds. The standard InChI is InChI=1S/C19H18ClF3N2O5/c1-3-30-16(26)18(28,19(21,22)23)11-7-8-14(15(9-11)29-2)25-17(27)24-13-6-4-5-12(20)10-13/h4-10,28H,3H2,1-2H3,(H2,24,25,27). The molecule has 0 aliphatic rings. The first-order valence-corrected chi connectivity index (χ1v) is 8.89. The number of urea groups is 1. The largest absolute Gasteiger partial charge is 0.495 e. The van der Waals surface area contributed by atoms with Crippen molar-refractivity contribution in [2.24, 2.45) is 0 Å². The van der Waals surface area contributed by atoms with Crippen molar-refractivity contribution < 1.29 is 37.3 Å². The second-order valence-corrected chi connectivity index (χ2v) is 6.37. The van der Waals surface area contributed by atoms with E-state index in [1.165, 1.54) is 13.0 Å². The Morgan fingerprint density at radius 1 is 1.13 bits per heavy atom. The van der Waals surface area contributed by atoms with Crippen LogP contribution < -0.4 is 15.4 Å². The molecule has 0 aliphatic carbocycles.